The molecule has 3 aromatic rings. The highest BCUT2D eigenvalue weighted by atomic mass is 79.9. The zero-order valence-electron chi connectivity index (χ0n) is 11.7. The zero-order chi connectivity index (χ0) is 15.7. The second-order valence-electron chi connectivity index (χ2n) is 4.93. The van der Waals surface area contributed by atoms with Crippen molar-refractivity contribution in [1.29, 1.82) is 0 Å². The topological polar surface area (TPSA) is 62.8 Å². The standard InChI is InChI=1S/C16H13BrN2O2S/c1-22(20,21)12-7-8-13(15-10-18-16(17)19-15)14(9-12)11-5-3-2-4-6-11/h2-10H,1H3,(H,18,19). The fraction of sp³-hybridized carbons (Fsp3) is 0.0625. The first-order valence-electron chi connectivity index (χ1n) is 6.55. The third-order valence-electron chi connectivity index (χ3n) is 3.34. The average Bonchev–Trinajstić information content (AvgIpc) is 2.93. The number of aromatic amines is 1. The SMILES string of the molecule is CS(=O)(=O)c1ccc(-c2cnc(Br)[nH]2)c(-c2ccccc2)c1. The van der Waals surface area contributed by atoms with Crippen molar-refractivity contribution in [3.63, 3.8) is 0 Å². The van der Waals surface area contributed by atoms with E-state index in [1.165, 1.54) is 6.26 Å². The molecule has 0 amide bonds. The molecule has 22 heavy (non-hydrogen) atoms. The molecular formula is C16H13BrN2O2S. The van der Waals surface area contributed by atoms with Gasteiger partial charge < -0.3 is 4.98 Å². The van der Waals surface area contributed by atoms with Crippen LogP contribution in [0, 0.1) is 0 Å². The summed E-state index contributed by atoms with van der Waals surface area (Å²) >= 11 is 3.29. The Morgan fingerprint density at radius 2 is 1.77 bits per heavy atom. The van der Waals surface area contributed by atoms with Crippen LogP contribution in [0.25, 0.3) is 22.4 Å². The number of benzene rings is 2. The number of H-pyrrole nitrogens is 1. The highest BCUT2D eigenvalue weighted by Gasteiger charge is 2.14. The van der Waals surface area contributed by atoms with E-state index >= 15 is 0 Å². The monoisotopic (exact) mass is 376 g/mol. The molecule has 0 unspecified atom stereocenters. The van der Waals surface area contributed by atoms with Gasteiger partial charge in [0, 0.05) is 11.8 Å². The highest BCUT2D eigenvalue weighted by molar-refractivity contribution is 9.10. The van der Waals surface area contributed by atoms with Gasteiger partial charge in [-0.05, 0) is 39.2 Å². The Balaban J connectivity index is 2.26. The van der Waals surface area contributed by atoms with Crippen LogP contribution in [-0.2, 0) is 9.84 Å². The molecule has 0 atom stereocenters. The van der Waals surface area contributed by atoms with Crippen LogP contribution in [0.15, 0.2) is 64.4 Å². The first-order chi connectivity index (χ1) is 10.4. The average molecular weight is 377 g/mol. The Hall–Kier alpha value is -1.92. The fourth-order valence-corrected chi connectivity index (χ4v) is 3.24. The lowest BCUT2D eigenvalue weighted by atomic mass is 9.98. The number of halogens is 1. The first-order valence-corrected chi connectivity index (χ1v) is 9.24. The molecule has 1 aromatic heterocycles. The smallest absolute Gasteiger partial charge is 0.175 e. The molecule has 0 spiro atoms. The van der Waals surface area contributed by atoms with Crippen molar-refractivity contribution in [2.24, 2.45) is 0 Å². The number of rotatable bonds is 3. The molecule has 1 heterocycles. The van der Waals surface area contributed by atoms with Crippen LogP contribution in [0.1, 0.15) is 0 Å². The molecule has 1 N–H and O–H groups in total. The zero-order valence-corrected chi connectivity index (χ0v) is 14.1. The van der Waals surface area contributed by atoms with Gasteiger partial charge in [0.25, 0.3) is 0 Å². The molecule has 0 saturated heterocycles. The van der Waals surface area contributed by atoms with Crippen molar-refractivity contribution in [1.82, 2.24) is 9.97 Å². The summed E-state index contributed by atoms with van der Waals surface area (Å²) in [6.07, 6.45) is 2.93. The van der Waals surface area contributed by atoms with E-state index in [4.69, 9.17) is 0 Å². The van der Waals surface area contributed by atoms with Crippen molar-refractivity contribution in [2.45, 2.75) is 4.90 Å². The van der Waals surface area contributed by atoms with Crippen molar-refractivity contribution < 1.29 is 8.42 Å². The predicted octanol–water partition coefficient (Wildman–Crippen LogP) is 3.91. The number of nitrogens with zero attached hydrogens (tertiary/aromatic N) is 1. The maximum atomic E-state index is 11.8. The van der Waals surface area contributed by atoms with Crippen LogP contribution in [0.5, 0.6) is 0 Å². The van der Waals surface area contributed by atoms with Crippen LogP contribution < -0.4 is 0 Å². The summed E-state index contributed by atoms with van der Waals surface area (Å²) in [4.78, 5) is 7.56. The molecule has 4 nitrogen and oxygen atoms in total. The highest BCUT2D eigenvalue weighted by Crippen LogP contribution is 2.33. The van der Waals surface area contributed by atoms with Crippen LogP contribution in [0.4, 0.5) is 0 Å². The molecule has 112 valence electrons. The number of nitrogens with one attached hydrogen (secondary N) is 1. The van der Waals surface area contributed by atoms with Gasteiger partial charge in [-0.15, -0.1) is 0 Å². The van der Waals surface area contributed by atoms with Crippen molar-refractivity contribution in [3.8, 4) is 22.4 Å². The van der Waals surface area contributed by atoms with Gasteiger partial charge in [0.1, 0.15) is 0 Å². The minimum atomic E-state index is -3.26. The van der Waals surface area contributed by atoms with E-state index in [9.17, 15) is 8.42 Å². The molecule has 6 heteroatoms. The number of imidazole rings is 1. The Labute approximate surface area is 137 Å². The Bertz CT molecular complexity index is 918. The van der Waals surface area contributed by atoms with E-state index in [1.807, 2.05) is 30.3 Å². The maximum Gasteiger partial charge on any atom is 0.175 e. The molecule has 0 fully saturated rings. The van der Waals surface area contributed by atoms with Crippen molar-refractivity contribution >= 4 is 25.8 Å². The van der Waals surface area contributed by atoms with Gasteiger partial charge in [-0.25, -0.2) is 13.4 Å². The lowest BCUT2D eigenvalue weighted by Crippen LogP contribution is -1.98. The normalized spacial score (nSPS) is 11.5. The van der Waals surface area contributed by atoms with Gasteiger partial charge in [-0.1, -0.05) is 36.4 Å². The van der Waals surface area contributed by atoms with E-state index in [0.717, 1.165) is 22.4 Å². The van der Waals surface area contributed by atoms with Gasteiger partial charge >= 0.3 is 0 Å². The molecule has 0 aliphatic rings. The van der Waals surface area contributed by atoms with E-state index < -0.39 is 9.84 Å². The van der Waals surface area contributed by atoms with Crippen LogP contribution >= 0.6 is 15.9 Å². The van der Waals surface area contributed by atoms with Crippen LogP contribution in [-0.4, -0.2) is 24.6 Å². The Morgan fingerprint density at radius 1 is 1.05 bits per heavy atom. The predicted molar refractivity (Wildman–Crippen MR) is 90.3 cm³/mol. The van der Waals surface area contributed by atoms with E-state index in [1.54, 1.807) is 24.4 Å². The molecule has 0 radical (unpaired) electrons. The van der Waals surface area contributed by atoms with E-state index in [0.29, 0.717) is 9.63 Å². The van der Waals surface area contributed by atoms with E-state index in [-0.39, 0.29) is 0 Å². The summed E-state index contributed by atoms with van der Waals surface area (Å²) in [5.74, 6) is 0. The van der Waals surface area contributed by atoms with Crippen LogP contribution in [0.2, 0.25) is 0 Å². The maximum absolute atomic E-state index is 11.8. The second-order valence-corrected chi connectivity index (χ2v) is 7.70. The Kier molecular flexibility index (Phi) is 3.88. The van der Waals surface area contributed by atoms with Crippen LogP contribution in [0.3, 0.4) is 0 Å². The minimum absolute atomic E-state index is 0.300. The summed E-state index contributed by atoms with van der Waals surface area (Å²) in [6.45, 7) is 0. The molecule has 3 rings (SSSR count). The third kappa shape index (κ3) is 2.98. The van der Waals surface area contributed by atoms with Gasteiger partial charge in [0.15, 0.2) is 14.6 Å². The number of hydrogen-bond acceptors (Lipinski definition) is 3. The quantitative estimate of drug-likeness (QED) is 0.753. The molecule has 0 aliphatic heterocycles. The van der Waals surface area contributed by atoms with Gasteiger partial charge in [-0.3, -0.25) is 0 Å². The number of aromatic nitrogens is 2. The fourth-order valence-electron chi connectivity index (χ4n) is 2.28. The third-order valence-corrected chi connectivity index (χ3v) is 4.85. The summed E-state index contributed by atoms with van der Waals surface area (Å²) < 4.78 is 24.3. The van der Waals surface area contributed by atoms with Gasteiger partial charge in [0.05, 0.1) is 16.8 Å². The minimum Gasteiger partial charge on any atom is -0.333 e. The molecule has 0 aliphatic carbocycles. The van der Waals surface area contributed by atoms with E-state index in [2.05, 4.69) is 25.9 Å². The van der Waals surface area contributed by atoms with Gasteiger partial charge in [-0.2, -0.15) is 0 Å². The lowest BCUT2D eigenvalue weighted by molar-refractivity contribution is 0.602. The molecule has 0 saturated carbocycles. The summed E-state index contributed by atoms with van der Waals surface area (Å²) in [5.41, 5.74) is 3.52. The Morgan fingerprint density at radius 3 is 2.36 bits per heavy atom. The summed E-state index contributed by atoms with van der Waals surface area (Å²) in [7, 11) is -3.26. The molecule has 0 bridgehead atoms. The summed E-state index contributed by atoms with van der Waals surface area (Å²) in [6, 6.07) is 14.8. The molecular weight excluding hydrogens is 364 g/mol. The largest absolute Gasteiger partial charge is 0.333 e. The lowest BCUT2D eigenvalue weighted by Gasteiger charge is -2.10. The first kappa shape index (κ1) is 15.0. The summed E-state index contributed by atoms with van der Waals surface area (Å²) in [5, 5.41) is 0. The second kappa shape index (κ2) is 5.70. The number of sulfone groups is 1. The molecule has 2 aromatic carbocycles. The number of hydrogen-bond donors (Lipinski definition) is 1. The van der Waals surface area contributed by atoms with Crippen molar-refractivity contribution in [3.05, 3.63) is 59.5 Å². The van der Waals surface area contributed by atoms with Crippen molar-refractivity contribution in [2.75, 3.05) is 6.26 Å². The van der Waals surface area contributed by atoms with Gasteiger partial charge in [0.2, 0.25) is 0 Å².